The smallest absolute Gasteiger partial charge is 0.414 e. The molecule has 2 aliphatic rings. The Balaban J connectivity index is 1.57. The number of hydrogen-bond donors (Lipinski definition) is 1. The van der Waals surface area contributed by atoms with E-state index in [1.54, 1.807) is 24.1 Å². The van der Waals surface area contributed by atoms with Crippen LogP contribution in [0.5, 0.6) is 5.75 Å². The molecule has 1 saturated heterocycles. The van der Waals surface area contributed by atoms with Gasteiger partial charge in [0.2, 0.25) is 5.91 Å². The summed E-state index contributed by atoms with van der Waals surface area (Å²) in [5.41, 5.74) is 0.761. The molecule has 1 aromatic rings. The van der Waals surface area contributed by atoms with Crippen molar-refractivity contribution >= 4 is 17.7 Å². The van der Waals surface area contributed by atoms with E-state index < -0.39 is 0 Å². The van der Waals surface area contributed by atoms with Gasteiger partial charge in [-0.1, -0.05) is 0 Å². The molecule has 0 spiro atoms. The third-order valence-electron chi connectivity index (χ3n) is 3.71. The van der Waals surface area contributed by atoms with Crippen LogP contribution in [-0.2, 0) is 9.53 Å². The lowest BCUT2D eigenvalue weighted by molar-refractivity contribution is -0.122. The molecule has 1 aromatic carbocycles. The van der Waals surface area contributed by atoms with Crippen molar-refractivity contribution in [3.05, 3.63) is 24.3 Å². The third-order valence-corrected chi connectivity index (χ3v) is 3.71. The van der Waals surface area contributed by atoms with Crippen LogP contribution < -0.4 is 15.0 Å². The molecule has 0 bridgehead atoms. The van der Waals surface area contributed by atoms with Gasteiger partial charge >= 0.3 is 6.09 Å². The number of cyclic esters (lactones) is 1. The summed E-state index contributed by atoms with van der Waals surface area (Å²) in [6.07, 6.45) is 1.25. The first kappa shape index (κ1) is 13.7. The Bertz CT molecular complexity index is 539. The molecule has 1 heterocycles. The molecule has 2 amide bonds. The number of ether oxygens (including phenoxy) is 2. The van der Waals surface area contributed by atoms with E-state index in [-0.39, 0.29) is 24.0 Å². The van der Waals surface area contributed by atoms with Gasteiger partial charge in [-0.25, -0.2) is 4.79 Å². The Morgan fingerprint density at radius 3 is 2.71 bits per heavy atom. The minimum atomic E-state index is -0.383. The summed E-state index contributed by atoms with van der Waals surface area (Å²) in [6.45, 7) is 0.809. The zero-order valence-electron chi connectivity index (χ0n) is 11.9. The average molecular weight is 290 g/mol. The SMILES string of the molecule is COc1ccc(N2C[C@@H](CNC(=O)C3CC3)OC2=O)cc1. The lowest BCUT2D eigenvalue weighted by Gasteiger charge is -2.13. The van der Waals surface area contributed by atoms with Crippen LogP contribution in [0.2, 0.25) is 0 Å². The van der Waals surface area contributed by atoms with Crippen molar-refractivity contribution in [1.82, 2.24) is 5.32 Å². The zero-order chi connectivity index (χ0) is 14.8. The fourth-order valence-corrected chi connectivity index (χ4v) is 2.31. The van der Waals surface area contributed by atoms with Gasteiger partial charge < -0.3 is 14.8 Å². The summed E-state index contributed by atoms with van der Waals surface area (Å²) in [5, 5.41) is 2.83. The highest BCUT2D eigenvalue weighted by atomic mass is 16.6. The number of hydrogen-bond acceptors (Lipinski definition) is 4. The molecule has 1 N–H and O–H groups in total. The Kier molecular flexibility index (Phi) is 3.68. The fraction of sp³-hybridized carbons (Fsp3) is 0.467. The molecule has 112 valence electrons. The monoisotopic (exact) mass is 290 g/mol. The Hall–Kier alpha value is -2.24. The van der Waals surface area contributed by atoms with Crippen molar-refractivity contribution in [3.8, 4) is 5.75 Å². The predicted octanol–water partition coefficient (Wildman–Crippen LogP) is 1.55. The van der Waals surface area contributed by atoms with Gasteiger partial charge in [0, 0.05) is 11.6 Å². The molecule has 21 heavy (non-hydrogen) atoms. The van der Waals surface area contributed by atoms with E-state index >= 15 is 0 Å². The lowest BCUT2D eigenvalue weighted by atomic mass is 10.2. The highest BCUT2D eigenvalue weighted by Gasteiger charge is 2.34. The molecule has 1 aliphatic carbocycles. The van der Waals surface area contributed by atoms with E-state index in [2.05, 4.69) is 5.32 Å². The van der Waals surface area contributed by atoms with Gasteiger partial charge in [-0.2, -0.15) is 0 Å². The minimum Gasteiger partial charge on any atom is -0.497 e. The van der Waals surface area contributed by atoms with E-state index in [9.17, 15) is 9.59 Å². The molecule has 0 radical (unpaired) electrons. The van der Waals surface area contributed by atoms with Crippen molar-refractivity contribution < 1.29 is 19.1 Å². The quantitative estimate of drug-likeness (QED) is 0.893. The van der Waals surface area contributed by atoms with E-state index in [1.807, 2.05) is 12.1 Å². The Labute approximate surface area is 123 Å². The summed E-state index contributed by atoms with van der Waals surface area (Å²) >= 11 is 0. The highest BCUT2D eigenvalue weighted by molar-refractivity contribution is 5.90. The highest BCUT2D eigenvalue weighted by Crippen LogP contribution is 2.29. The van der Waals surface area contributed by atoms with Crippen molar-refractivity contribution in [2.45, 2.75) is 18.9 Å². The molecule has 3 rings (SSSR count). The van der Waals surface area contributed by atoms with Crippen LogP contribution in [0.4, 0.5) is 10.5 Å². The second-order valence-electron chi connectivity index (χ2n) is 5.33. The summed E-state index contributed by atoms with van der Waals surface area (Å²) in [7, 11) is 1.59. The van der Waals surface area contributed by atoms with Gasteiger partial charge in [0.25, 0.3) is 0 Å². The van der Waals surface area contributed by atoms with Gasteiger partial charge in [0.15, 0.2) is 0 Å². The molecule has 2 fully saturated rings. The van der Waals surface area contributed by atoms with E-state index in [4.69, 9.17) is 9.47 Å². The van der Waals surface area contributed by atoms with Crippen LogP contribution >= 0.6 is 0 Å². The van der Waals surface area contributed by atoms with Crippen LogP contribution in [0, 0.1) is 5.92 Å². The Morgan fingerprint density at radius 2 is 2.10 bits per heavy atom. The number of amides is 2. The summed E-state index contributed by atoms with van der Waals surface area (Å²) in [4.78, 5) is 25.0. The number of carbonyl (C=O) groups excluding carboxylic acids is 2. The number of anilines is 1. The summed E-state index contributed by atoms with van der Waals surface area (Å²) in [6, 6.07) is 7.21. The lowest BCUT2D eigenvalue weighted by Crippen LogP contribution is -2.35. The number of methoxy groups -OCH3 is 1. The van der Waals surface area contributed by atoms with Crippen LogP contribution in [0.3, 0.4) is 0 Å². The fourth-order valence-electron chi connectivity index (χ4n) is 2.31. The predicted molar refractivity (Wildman–Crippen MR) is 76.3 cm³/mol. The number of carbonyl (C=O) groups is 2. The maximum absolute atomic E-state index is 11.9. The molecule has 6 nitrogen and oxygen atoms in total. The van der Waals surface area contributed by atoms with Crippen LogP contribution in [-0.4, -0.2) is 38.3 Å². The second kappa shape index (κ2) is 5.63. The summed E-state index contributed by atoms with van der Waals surface area (Å²) in [5.74, 6) is 0.966. The maximum Gasteiger partial charge on any atom is 0.414 e. The number of nitrogens with one attached hydrogen (secondary N) is 1. The minimum absolute atomic E-state index is 0.0638. The van der Waals surface area contributed by atoms with Gasteiger partial charge in [-0.3, -0.25) is 9.69 Å². The molecule has 1 aliphatic heterocycles. The number of benzene rings is 1. The van der Waals surface area contributed by atoms with Crippen molar-refractivity contribution in [1.29, 1.82) is 0 Å². The van der Waals surface area contributed by atoms with Crippen LogP contribution in [0.15, 0.2) is 24.3 Å². The molecular weight excluding hydrogens is 272 g/mol. The first-order valence-corrected chi connectivity index (χ1v) is 7.07. The summed E-state index contributed by atoms with van der Waals surface area (Å²) < 4.78 is 10.4. The average Bonchev–Trinajstić information content (AvgIpc) is 3.29. The van der Waals surface area contributed by atoms with E-state index in [1.165, 1.54) is 0 Å². The van der Waals surface area contributed by atoms with E-state index in [0.717, 1.165) is 24.3 Å². The van der Waals surface area contributed by atoms with Crippen molar-refractivity contribution in [3.63, 3.8) is 0 Å². The topological polar surface area (TPSA) is 67.9 Å². The maximum atomic E-state index is 11.9. The molecule has 0 aromatic heterocycles. The Morgan fingerprint density at radius 1 is 1.38 bits per heavy atom. The van der Waals surface area contributed by atoms with Crippen molar-refractivity contribution in [2.24, 2.45) is 5.92 Å². The molecule has 1 atom stereocenters. The standard InChI is InChI=1S/C15H18N2O4/c1-20-12-6-4-11(5-7-12)17-9-13(21-15(17)19)8-16-14(18)10-2-3-10/h4-7,10,13H,2-3,8-9H2,1H3,(H,16,18)/t13-/m1/s1. The zero-order valence-corrected chi connectivity index (χ0v) is 11.9. The number of nitrogens with zero attached hydrogens (tertiary/aromatic N) is 1. The molecule has 0 unspecified atom stereocenters. The van der Waals surface area contributed by atoms with Gasteiger partial charge in [-0.15, -0.1) is 0 Å². The van der Waals surface area contributed by atoms with Gasteiger partial charge in [-0.05, 0) is 37.1 Å². The molecular formula is C15H18N2O4. The van der Waals surface area contributed by atoms with Gasteiger partial charge in [0.05, 0.1) is 20.2 Å². The second-order valence-corrected chi connectivity index (χ2v) is 5.33. The molecule has 6 heteroatoms. The van der Waals surface area contributed by atoms with Crippen LogP contribution in [0.25, 0.3) is 0 Å². The number of rotatable bonds is 5. The third kappa shape index (κ3) is 3.09. The normalized spacial score (nSPS) is 21.1. The van der Waals surface area contributed by atoms with Crippen LogP contribution in [0.1, 0.15) is 12.8 Å². The first-order valence-electron chi connectivity index (χ1n) is 7.07. The van der Waals surface area contributed by atoms with Crippen molar-refractivity contribution in [2.75, 3.05) is 25.1 Å². The largest absolute Gasteiger partial charge is 0.497 e. The van der Waals surface area contributed by atoms with Gasteiger partial charge in [0.1, 0.15) is 11.9 Å². The van der Waals surface area contributed by atoms with E-state index in [0.29, 0.717) is 13.1 Å². The molecule has 1 saturated carbocycles. The first-order chi connectivity index (χ1) is 10.2.